The zero-order valence-electron chi connectivity index (χ0n) is 13.2. The average Bonchev–Trinajstić information content (AvgIpc) is 2.82. The predicted molar refractivity (Wildman–Crippen MR) is 101 cm³/mol. The number of hydrogen-bond donors (Lipinski definition) is 1. The first-order valence-corrected chi connectivity index (χ1v) is 9.62. The van der Waals surface area contributed by atoms with Crippen LogP contribution in [-0.2, 0) is 11.2 Å². The number of benzene rings is 2. The molecule has 1 N–H and O–H groups in total. The van der Waals surface area contributed by atoms with Crippen LogP contribution in [0.5, 0.6) is 0 Å². The normalized spacial score (nSPS) is 11.4. The Morgan fingerprint density at radius 1 is 1.13 bits per heavy atom. The van der Waals surface area contributed by atoms with Crippen molar-refractivity contribution in [3.05, 3.63) is 42.0 Å². The lowest BCUT2D eigenvalue weighted by atomic mass is 10.1. The second-order valence-electron chi connectivity index (χ2n) is 5.22. The first-order valence-electron chi connectivity index (χ1n) is 7.69. The molecule has 0 fully saturated rings. The van der Waals surface area contributed by atoms with Crippen molar-refractivity contribution in [2.75, 3.05) is 11.5 Å². The molecule has 2 aromatic carbocycles. The number of para-hydroxylation sites is 1. The minimum absolute atomic E-state index is 0.0610. The highest BCUT2D eigenvalue weighted by Gasteiger charge is 2.16. The summed E-state index contributed by atoms with van der Waals surface area (Å²) in [7, 11) is 0. The van der Waals surface area contributed by atoms with Gasteiger partial charge in [-0.05, 0) is 41.5 Å². The van der Waals surface area contributed by atoms with Gasteiger partial charge in [0.1, 0.15) is 0 Å². The molecule has 0 unspecified atom stereocenters. The van der Waals surface area contributed by atoms with Gasteiger partial charge >= 0.3 is 5.97 Å². The van der Waals surface area contributed by atoms with Crippen molar-refractivity contribution in [3.8, 4) is 0 Å². The van der Waals surface area contributed by atoms with Crippen LogP contribution < -0.4 is 0 Å². The lowest BCUT2D eigenvalue weighted by Gasteiger charge is -2.08. The van der Waals surface area contributed by atoms with Crippen LogP contribution in [0.2, 0.25) is 0 Å². The summed E-state index contributed by atoms with van der Waals surface area (Å²) in [6.07, 6.45) is 0.0610. The fourth-order valence-electron chi connectivity index (χ4n) is 2.89. The molecule has 0 atom stereocenters. The highest BCUT2D eigenvalue weighted by Crippen LogP contribution is 2.39. The molecule has 120 valence electrons. The first kappa shape index (κ1) is 16.3. The molecule has 3 aromatic rings. The number of carbonyl (C=O) groups is 1. The van der Waals surface area contributed by atoms with E-state index in [4.69, 9.17) is 5.11 Å². The Labute approximate surface area is 144 Å². The SMILES string of the molecule is CCSc1cc(CC(=O)O)cc2c1c1ccccc1n2SCC. The molecule has 0 aliphatic carbocycles. The van der Waals surface area contributed by atoms with Crippen LogP contribution in [-0.4, -0.2) is 26.6 Å². The van der Waals surface area contributed by atoms with Gasteiger partial charge in [-0.2, -0.15) is 0 Å². The first-order chi connectivity index (χ1) is 11.2. The maximum absolute atomic E-state index is 11.1. The number of aromatic nitrogens is 1. The number of fused-ring (bicyclic) bond motifs is 3. The Hall–Kier alpha value is -1.59. The zero-order chi connectivity index (χ0) is 16.4. The van der Waals surface area contributed by atoms with E-state index in [1.807, 2.05) is 12.1 Å². The molecule has 0 aliphatic heterocycles. The van der Waals surface area contributed by atoms with E-state index in [1.165, 1.54) is 21.2 Å². The second kappa shape index (κ2) is 6.89. The van der Waals surface area contributed by atoms with E-state index in [0.29, 0.717) is 0 Å². The fraction of sp³-hybridized carbons (Fsp3) is 0.278. The molecule has 0 aliphatic rings. The van der Waals surface area contributed by atoms with Gasteiger partial charge in [0.05, 0.1) is 17.5 Å². The van der Waals surface area contributed by atoms with Crippen LogP contribution in [0, 0.1) is 0 Å². The summed E-state index contributed by atoms with van der Waals surface area (Å²) in [5.41, 5.74) is 3.18. The summed E-state index contributed by atoms with van der Waals surface area (Å²) in [4.78, 5) is 12.3. The van der Waals surface area contributed by atoms with Crippen molar-refractivity contribution < 1.29 is 9.90 Å². The van der Waals surface area contributed by atoms with E-state index in [0.717, 1.165) is 22.6 Å². The largest absolute Gasteiger partial charge is 0.481 e. The molecule has 0 saturated carbocycles. The van der Waals surface area contributed by atoms with Crippen molar-refractivity contribution in [1.82, 2.24) is 3.97 Å². The van der Waals surface area contributed by atoms with Crippen molar-refractivity contribution in [2.24, 2.45) is 0 Å². The van der Waals surface area contributed by atoms with Gasteiger partial charge in [-0.3, -0.25) is 8.77 Å². The summed E-state index contributed by atoms with van der Waals surface area (Å²) in [5, 5.41) is 11.6. The Morgan fingerprint density at radius 3 is 2.61 bits per heavy atom. The molecule has 1 aromatic heterocycles. The Kier molecular flexibility index (Phi) is 4.87. The molecule has 0 amide bonds. The molecule has 1 heterocycles. The summed E-state index contributed by atoms with van der Waals surface area (Å²) < 4.78 is 2.25. The fourth-order valence-corrected chi connectivity index (χ4v) is 4.64. The number of carboxylic acid groups (broad SMARTS) is 1. The quantitative estimate of drug-likeness (QED) is 0.635. The third-order valence-corrected chi connectivity index (χ3v) is 5.50. The third kappa shape index (κ3) is 3.08. The number of hydrogen-bond acceptors (Lipinski definition) is 3. The molecular weight excluding hydrogens is 326 g/mol. The van der Waals surface area contributed by atoms with E-state index in [-0.39, 0.29) is 6.42 Å². The van der Waals surface area contributed by atoms with Crippen LogP contribution >= 0.6 is 23.7 Å². The Bertz CT molecular complexity index is 870. The number of carboxylic acids is 1. The van der Waals surface area contributed by atoms with Gasteiger partial charge in [0, 0.05) is 21.4 Å². The Balaban J connectivity index is 2.37. The van der Waals surface area contributed by atoms with Gasteiger partial charge in [0.15, 0.2) is 0 Å². The van der Waals surface area contributed by atoms with Gasteiger partial charge in [-0.15, -0.1) is 11.8 Å². The molecule has 0 saturated heterocycles. The van der Waals surface area contributed by atoms with Crippen molar-refractivity contribution in [3.63, 3.8) is 0 Å². The van der Waals surface area contributed by atoms with E-state index >= 15 is 0 Å². The minimum Gasteiger partial charge on any atom is -0.481 e. The van der Waals surface area contributed by atoms with Gasteiger partial charge < -0.3 is 5.11 Å². The standard InChI is InChI=1S/C18H19NO2S2/c1-3-22-16-10-12(11-17(20)21)9-15-18(16)13-7-5-6-8-14(13)19(15)23-4-2/h5-10H,3-4,11H2,1-2H3,(H,20,21). The lowest BCUT2D eigenvalue weighted by Crippen LogP contribution is -2.00. The molecule has 5 heteroatoms. The molecule has 23 heavy (non-hydrogen) atoms. The van der Waals surface area contributed by atoms with E-state index in [1.54, 1.807) is 23.7 Å². The lowest BCUT2D eigenvalue weighted by molar-refractivity contribution is -0.136. The summed E-state index contributed by atoms with van der Waals surface area (Å²) in [5.74, 6) is 1.14. The van der Waals surface area contributed by atoms with Crippen LogP contribution in [0.3, 0.4) is 0 Å². The average molecular weight is 345 g/mol. The number of thioether (sulfide) groups is 1. The molecule has 0 spiro atoms. The molecule has 0 bridgehead atoms. The monoisotopic (exact) mass is 345 g/mol. The van der Waals surface area contributed by atoms with Gasteiger partial charge in [-0.25, -0.2) is 0 Å². The van der Waals surface area contributed by atoms with Crippen molar-refractivity contribution in [2.45, 2.75) is 25.2 Å². The highest BCUT2D eigenvalue weighted by atomic mass is 32.2. The minimum atomic E-state index is -0.789. The molecular formula is C18H19NO2S2. The summed E-state index contributed by atoms with van der Waals surface area (Å²) in [6, 6.07) is 12.5. The third-order valence-electron chi connectivity index (χ3n) is 3.67. The molecule has 0 radical (unpaired) electrons. The smallest absolute Gasteiger partial charge is 0.307 e. The van der Waals surface area contributed by atoms with Crippen LogP contribution in [0.4, 0.5) is 0 Å². The van der Waals surface area contributed by atoms with E-state index in [9.17, 15) is 4.79 Å². The number of aliphatic carboxylic acids is 1. The predicted octanol–water partition coefficient (Wildman–Crippen LogP) is 5.05. The van der Waals surface area contributed by atoms with Crippen LogP contribution in [0.25, 0.3) is 21.8 Å². The van der Waals surface area contributed by atoms with Crippen LogP contribution in [0.1, 0.15) is 19.4 Å². The van der Waals surface area contributed by atoms with Crippen molar-refractivity contribution in [1.29, 1.82) is 0 Å². The topological polar surface area (TPSA) is 42.2 Å². The zero-order valence-corrected chi connectivity index (χ0v) is 14.8. The molecule has 3 nitrogen and oxygen atoms in total. The second-order valence-corrected chi connectivity index (χ2v) is 7.73. The number of nitrogens with zero attached hydrogens (tertiary/aromatic N) is 1. The van der Waals surface area contributed by atoms with Crippen molar-refractivity contribution >= 4 is 51.5 Å². The maximum Gasteiger partial charge on any atom is 0.307 e. The van der Waals surface area contributed by atoms with Gasteiger partial charge in [-0.1, -0.05) is 32.0 Å². The highest BCUT2D eigenvalue weighted by molar-refractivity contribution is 7.99. The van der Waals surface area contributed by atoms with Gasteiger partial charge in [0.25, 0.3) is 0 Å². The summed E-state index contributed by atoms with van der Waals surface area (Å²) >= 11 is 3.53. The van der Waals surface area contributed by atoms with Gasteiger partial charge in [0.2, 0.25) is 0 Å². The maximum atomic E-state index is 11.1. The van der Waals surface area contributed by atoms with E-state index < -0.39 is 5.97 Å². The van der Waals surface area contributed by atoms with E-state index in [2.05, 4.69) is 42.1 Å². The summed E-state index contributed by atoms with van der Waals surface area (Å²) in [6.45, 7) is 4.26. The Morgan fingerprint density at radius 2 is 1.91 bits per heavy atom. The molecule has 3 rings (SSSR count). The van der Waals surface area contributed by atoms with Crippen LogP contribution in [0.15, 0.2) is 41.3 Å². The number of rotatable bonds is 6.